The summed E-state index contributed by atoms with van der Waals surface area (Å²) in [5, 5.41) is 4.11. The van der Waals surface area contributed by atoms with Gasteiger partial charge >= 0.3 is 5.97 Å². The predicted molar refractivity (Wildman–Crippen MR) is 112 cm³/mol. The fraction of sp³-hybridized carbons (Fsp3) is 0.200. The van der Waals surface area contributed by atoms with E-state index >= 15 is 0 Å². The van der Waals surface area contributed by atoms with Gasteiger partial charge in [-0.2, -0.15) is 0 Å². The smallest absolute Gasteiger partial charge is 0.339 e. The fourth-order valence-corrected chi connectivity index (χ4v) is 3.58. The molecule has 0 saturated heterocycles. The second-order valence-corrected chi connectivity index (χ2v) is 7.51. The van der Waals surface area contributed by atoms with E-state index in [1.807, 2.05) is 23.9 Å². The van der Waals surface area contributed by atoms with Crippen molar-refractivity contribution in [1.29, 1.82) is 0 Å². The largest absolute Gasteiger partial charge is 0.462 e. The Balaban J connectivity index is 1.83. The quantitative estimate of drug-likeness (QED) is 0.585. The number of nitrogens with one attached hydrogen (secondary N) is 1. The fourth-order valence-electron chi connectivity index (χ4n) is 2.54. The minimum absolute atomic E-state index is 0.184. The normalized spacial score (nSPS) is 10.6. The number of benzene rings is 1. The minimum Gasteiger partial charge on any atom is -0.462 e. The van der Waals surface area contributed by atoms with E-state index in [0.29, 0.717) is 22.0 Å². The van der Waals surface area contributed by atoms with Crippen LogP contribution in [0.25, 0.3) is 0 Å². The number of ether oxygens (including phenoxy) is 1. The molecule has 0 unspecified atom stereocenters. The van der Waals surface area contributed by atoms with Crippen molar-refractivity contribution in [3.63, 3.8) is 0 Å². The van der Waals surface area contributed by atoms with Gasteiger partial charge in [0.25, 0.3) is 5.91 Å². The van der Waals surface area contributed by atoms with Crippen molar-refractivity contribution in [3.05, 3.63) is 64.7 Å². The van der Waals surface area contributed by atoms with Crippen molar-refractivity contribution in [3.8, 4) is 0 Å². The van der Waals surface area contributed by atoms with E-state index in [0.717, 1.165) is 10.1 Å². The number of carbonyl (C=O) groups is 2. The first-order valence-electron chi connectivity index (χ1n) is 8.80. The molecule has 0 fully saturated rings. The van der Waals surface area contributed by atoms with Gasteiger partial charge in [0, 0.05) is 29.4 Å². The summed E-state index contributed by atoms with van der Waals surface area (Å²) in [7, 11) is 1.89. The lowest BCUT2D eigenvalue weighted by Gasteiger charge is -2.12. The van der Waals surface area contributed by atoms with Gasteiger partial charge in [-0.1, -0.05) is 11.6 Å². The first-order valence-corrected chi connectivity index (χ1v) is 9.99. The van der Waals surface area contributed by atoms with Crippen LogP contribution in [0.15, 0.2) is 52.8 Å². The number of anilines is 1. The third-order valence-corrected chi connectivity index (χ3v) is 5.37. The molecule has 0 radical (unpaired) electrons. The molecule has 3 aromatic rings. The summed E-state index contributed by atoms with van der Waals surface area (Å²) in [4.78, 5) is 34.0. The molecule has 1 aromatic carbocycles. The number of aromatic nitrogens is 3. The summed E-state index contributed by atoms with van der Waals surface area (Å²) in [6, 6.07) is 8.27. The first-order chi connectivity index (χ1) is 13.9. The molecule has 0 bridgehead atoms. The highest BCUT2D eigenvalue weighted by Gasteiger charge is 2.17. The lowest BCUT2D eigenvalue weighted by Crippen LogP contribution is -2.16. The minimum atomic E-state index is -0.465. The maximum absolute atomic E-state index is 12.7. The number of aryl methyl sites for hydroxylation is 2. The van der Waals surface area contributed by atoms with Gasteiger partial charge in [0.15, 0.2) is 5.16 Å². The van der Waals surface area contributed by atoms with Crippen LogP contribution in [-0.2, 0) is 11.8 Å². The number of rotatable bonds is 6. The highest BCUT2D eigenvalue weighted by molar-refractivity contribution is 7.99. The number of esters is 1. The van der Waals surface area contributed by atoms with Crippen molar-refractivity contribution in [1.82, 2.24) is 14.5 Å². The second-order valence-electron chi connectivity index (χ2n) is 6.07. The number of pyridine rings is 1. The maximum Gasteiger partial charge on any atom is 0.339 e. The molecule has 9 heteroatoms. The molecule has 0 atom stereocenters. The van der Waals surface area contributed by atoms with Crippen LogP contribution >= 0.6 is 23.4 Å². The van der Waals surface area contributed by atoms with E-state index in [1.165, 1.54) is 23.9 Å². The predicted octanol–water partition coefficient (Wildman–Crippen LogP) is 4.36. The van der Waals surface area contributed by atoms with Crippen LogP contribution in [0.5, 0.6) is 0 Å². The first kappa shape index (κ1) is 20.9. The number of carbonyl (C=O) groups excluding carboxylic acids is 2. The van der Waals surface area contributed by atoms with Crippen LogP contribution in [0.4, 0.5) is 5.69 Å². The maximum atomic E-state index is 12.7. The molecule has 0 spiro atoms. The lowest BCUT2D eigenvalue weighted by atomic mass is 10.2. The van der Waals surface area contributed by atoms with E-state index in [2.05, 4.69) is 15.3 Å². The number of imidazole rings is 1. The molecule has 0 aliphatic rings. The molecule has 0 saturated carbocycles. The summed E-state index contributed by atoms with van der Waals surface area (Å²) in [6.45, 7) is 3.66. The topological polar surface area (TPSA) is 86.1 Å². The lowest BCUT2D eigenvalue weighted by molar-refractivity contribution is 0.0524. The average Bonchev–Trinajstić information content (AvgIpc) is 3.08. The summed E-state index contributed by atoms with van der Waals surface area (Å²) in [5.41, 5.74) is 1.48. The Labute approximate surface area is 177 Å². The highest BCUT2D eigenvalue weighted by atomic mass is 35.5. The number of hydrogen-bond acceptors (Lipinski definition) is 6. The highest BCUT2D eigenvalue weighted by Crippen LogP contribution is 2.34. The summed E-state index contributed by atoms with van der Waals surface area (Å²) in [5.74, 6) is -0.875. The number of amides is 1. The molecule has 29 heavy (non-hydrogen) atoms. The molecule has 0 aliphatic carbocycles. The Bertz CT molecular complexity index is 1070. The van der Waals surface area contributed by atoms with Gasteiger partial charge in [0.2, 0.25) is 0 Å². The summed E-state index contributed by atoms with van der Waals surface area (Å²) in [6.07, 6.45) is 3.54. The Morgan fingerprint density at radius 1 is 1.28 bits per heavy atom. The van der Waals surface area contributed by atoms with E-state index in [9.17, 15) is 9.59 Å². The van der Waals surface area contributed by atoms with Gasteiger partial charge in [0.05, 0.1) is 23.6 Å². The third kappa shape index (κ3) is 4.96. The van der Waals surface area contributed by atoms with E-state index < -0.39 is 11.9 Å². The Hall–Kier alpha value is -2.84. The van der Waals surface area contributed by atoms with E-state index in [1.54, 1.807) is 32.2 Å². The Morgan fingerprint density at radius 2 is 2.07 bits per heavy atom. The van der Waals surface area contributed by atoms with Crippen molar-refractivity contribution in [2.75, 3.05) is 11.9 Å². The molecule has 150 valence electrons. The van der Waals surface area contributed by atoms with E-state index in [4.69, 9.17) is 16.3 Å². The number of halogens is 1. The zero-order valence-corrected chi connectivity index (χ0v) is 17.7. The van der Waals surface area contributed by atoms with Crippen LogP contribution in [0.2, 0.25) is 5.02 Å². The van der Waals surface area contributed by atoms with Gasteiger partial charge < -0.3 is 14.6 Å². The molecule has 0 aliphatic heterocycles. The zero-order chi connectivity index (χ0) is 21.0. The average molecular weight is 431 g/mol. The molecule has 7 nitrogen and oxygen atoms in total. The van der Waals surface area contributed by atoms with Crippen molar-refractivity contribution >= 4 is 40.9 Å². The second kappa shape index (κ2) is 9.11. The van der Waals surface area contributed by atoms with Crippen molar-refractivity contribution in [2.24, 2.45) is 7.05 Å². The van der Waals surface area contributed by atoms with Gasteiger partial charge in [0.1, 0.15) is 5.69 Å². The van der Waals surface area contributed by atoms with Gasteiger partial charge in [-0.15, -0.1) is 0 Å². The van der Waals surface area contributed by atoms with Crippen LogP contribution in [0.3, 0.4) is 0 Å². The molecule has 2 aromatic heterocycles. The number of hydrogen-bond donors (Lipinski definition) is 1. The van der Waals surface area contributed by atoms with Gasteiger partial charge in [-0.05, 0) is 55.9 Å². The SMILES string of the molecule is CCOC(=O)c1ccc(C(=O)Nc2cc(Cl)ccc2Sc2nccn2C)nc1C. The Morgan fingerprint density at radius 3 is 2.72 bits per heavy atom. The van der Waals surface area contributed by atoms with Gasteiger partial charge in [-0.25, -0.2) is 14.8 Å². The molecule has 1 amide bonds. The molecule has 3 rings (SSSR count). The third-order valence-electron chi connectivity index (χ3n) is 3.98. The van der Waals surface area contributed by atoms with Crippen molar-refractivity contribution in [2.45, 2.75) is 23.9 Å². The van der Waals surface area contributed by atoms with Crippen LogP contribution < -0.4 is 5.32 Å². The Kier molecular flexibility index (Phi) is 6.56. The molecule has 1 N–H and O–H groups in total. The molecule has 2 heterocycles. The molecular weight excluding hydrogens is 412 g/mol. The zero-order valence-electron chi connectivity index (χ0n) is 16.1. The molecular formula is C20H19ClN4O3S. The summed E-state index contributed by atoms with van der Waals surface area (Å²) < 4.78 is 6.87. The van der Waals surface area contributed by atoms with Gasteiger partial charge in [-0.3, -0.25) is 4.79 Å². The number of nitrogens with zero attached hydrogens (tertiary/aromatic N) is 3. The van der Waals surface area contributed by atoms with Crippen LogP contribution in [-0.4, -0.2) is 33.0 Å². The van der Waals surface area contributed by atoms with E-state index in [-0.39, 0.29) is 12.3 Å². The standard InChI is InChI=1S/C20H19ClN4O3S/c1-4-28-19(27)14-6-7-15(23-12(14)2)18(26)24-16-11-13(21)5-8-17(16)29-20-22-9-10-25(20)3/h5-11H,4H2,1-3H3,(H,24,26). The van der Waals surface area contributed by atoms with Crippen LogP contribution in [0.1, 0.15) is 33.5 Å². The summed E-state index contributed by atoms with van der Waals surface area (Å²) >= 11 is 7.53. The van der Waals surface area contributed by atoms with Crippen molar-refractivity contribution < 1.29 is 14.3 Å². The monoisotopic (exact) mass is 430 g/mol. The van der Waals surface area contributed by atoms with Crippen LogP contribution in [0, 0.1) is 6.92 Å².